The van der Waals surface area contributed by atoms with Crippen LogP contribution in [-0.4, -0.2) is 67.5 Å². The van der Waals surface area contributed by atoms with Crippen LogP contribution in [0.5, 0.6) is 0 Å². The summed E-state index contributed by atoms with van der Waals surface area (Å²) in [4.78, 5) is 10.1. The third-order valence-electron chi connectivity index (χ3n) is 7.33. The fourth-order valence-corrected chi connectivity index (χ4v) is 5.45. The van der Waals surface area contributed by atoms with E-state index in [1.165, 1.54) is 5.69 Å². The van der Waals surface area contributed by atoms with E-state index in [0.29, 0.717) is 12.6 Å². The van der Waals surface area contributed by atoms with E-state index in [2.05, 4.69) is 70.0 Å². The highest BCUT2D eigenvalue weighted by Gasteiger charge is 2.46. The zero-order valence-corrected chi connectivity index (χ0v) is 20.5. The topological polar surface area (TPSA) is 46.1 Å². The molecule has 2 saturated heterocycles. The van der Waals surface area contributed by atoms with Crippen LogP contribution in [0.15, 0.2) is 53.5 Å². The molecule has 1 spiro atoms. The maximum absolute atomic E-state index is 6.27. The van der Waals surface area contributed by atoms with Crippen LogP contribution in [0.3, 0.4) is 0 Å². The molecule has 33 heavy (non-hydrogen) atoms. The smallest absolute Gasteiger partial charge is 0.145 e. The first kappa shape index (κ1) is 22.7. The third kappa shape index (κ3) is 4.90. The molecule has 176 valence electrons. The van der Waals surface area contributed by atoms with E-state index in [1.54, 1.807) is 0 Å². The van der Waals surface area contributed by atoms with Gasteiger partial charge in [0.2, 0.25) is 0 Å². The van der Waals surface area contributed by atoms with Gasteiger partial charge in [-0.25, -0.2) is 5.43 Å². The number of piperidine rings is 2. The van der Waals surface area contributed by atoms with E-state index >= 15 is 0 Å². The van der Waals surface area contributed by atoms with E-state index in [-0.39, 0.29) is 5.54 Å². The lowest BCUT2D eigenvalue weighted by molar-refractivity contribution is 0.228. The number of halogens is 1. The van der Waals surface area contributed by atoms with Crippen molar-refractivity contribution in [3.8, 4) is 0 Å². The Kier molecular flexibility index (Phi) is 6.61. The molecule has 2 N–H and O–H groups in total. The molecular formula is C26H35ClN6. The Balaban J connectivity index is 1.53. The average molecular weight is 467 g/mol. The monoisotopic (exact) mass is 466 g/mol. The molecule has 0 amide bonds. The second kappa shape index (κ2) is 9.63. The summed E-state index contributed by atoms with van der Waals surface area (Å²) in [7, 11) is 4.42. The summed E-state index contributed by atoms with van der Waals surface area (Å²) in [5.41, 5.74) is 7.21. The summed E-state index contributed by atoms with van der Waals surface area (Å²) in [5, 5.41) is 7.01. The molecule has 0 aliphatic carbocycles. The van der Waals surface area contributed by atoms with Crippen LogP contribution in [0.1, 0.15) is 31.2 Å². The molecule has 6 nitrogen and oxygen atoms in total. The quantitative estimate of drug-likeness (QED) is 0.705. The van der Waals surface area contributed by atoms with Crippen molar-refractivity contribution in [2.45, 2.75) is 43.8 Å². The molecule has 2 aromatic rings. The van der Waals surface area contributed by atoms with Crippen molar-refractivity contribution in [1.29, 1.82) is 0 Å². The first-order valence-electron chi connectivity index (χ1n) is 12.1. The number of para-hydroxylation sites is 2. The minimum atomic E-state index is -0.183. The van der Waals surface area contributed by atoms with Gasteiger partial charge in [0.05, 0.1) is 23.5 Å². The number of benzene rings is 2. The van der Waals surface area contributed by atoms with Crippen LogP contribution in [0.25, 0.3) is 0 Å². The molecule has 3 aliphatic rings. The van der Waals surface area contributed by atoms with Crippen LogP contribution >= 0.6 is 11.6 Å². The molecular weight excluding hydrogens is 432 g/mol. The van der Waals surface area contributed by atoms with Crippen LogP contribution in [0.2, 0.25) is 5.02 Å². The number of hydrazine groups is 1. The Labute approximate surface area is 202 Å². The van der Waals surface area contributed by atoms with Crippen molar-refractivity contribution in [2.24, 2.45) is 4.99 Å². The molecule has 7 heteroatoms. The fourth-order valence-electron chi connectivity index (χ4n) is 5.24. The number of likely N-dealkylation sites (tertiary alicyclic amines) is 2. The Morgan fingerprint density at radius 1 is 1.00 bits per heavy atom. The van der Waals surface area contributed by atoms with Gasteiger partial charge in [-0.15, -0.1) is 0 Å². The standard InChI is InChI=1S/C26H35ClN6/c1-31-14-10-22(11-15-31)30-33-24-9-4-3-8-23(24)29-26(12-16-32(2)17-13-26)25(33)28-19-20-6-5-7-21(27)18-20/h3-9,18,22,29-30H,10-17,19H2,1-2H3/b28-25+. The number of rotatable bonds is 4. The van der Waals surface area contributed by atoms with E-state index in [9.17, 15) is 0 Å². The molecule has 2 aromatic carbocycles. The Hall–Kier alpha value is -2.12. The number of anilines is 2. The lowest BCUT2D eigenvalue weighted by Crippen LogP contribution is -2.66. The van der Waals surface area contributed by atoms with Gasteiger partial charge in [0, 0.05) is 24.2 Å². The number of fused-ring (bicyclic) bond motifs is 1. The maximum atomic E-state index is 6.27. The summed E-state index contributed by atoms with van der Waals surface area (Å²) in [6.07, 6.45) is 4.33. The molecule has 0 aromatic heterocycles. The SMILES string of the molecule is CN1CCC(NN2/C(=N/Cc3cccc(Cl)c3)C3(CCN(C)CC3)Nc3ccccc32)CC1. The molecule has 0 unspecified atom stereocenters. The summed E-state index contributed by atoms with van der Waals surface area (Å²) in [6, 6.07) is 17.1. The molecule has 2 fully saturated rings. The average Bonchev–Trinajstić information content (AvgIpc) is 2.82. The van der Waals surface area contributed by atoms with E-state index in [1.807, 2.05) is 18.2 Å². The van der Waals surface area contributed by atoms with Crippen LogP contribution < -0.4 is 15.8 Å². The molecule has 0 bridgehead atoms. The number of nitrogens with one attached hydrogen (secondary N) is 2. The minimum Gasteiger partial charge on any atom is -0.371 e. The highest BCUT2D eigenvalue weighted by molar-refractivity contribution is 6.30. The van der Waals surface area contributed by atoms with Crippen LogP contribution in [-0.2, 0) is 6.54 Å². The van der Waals surface area contributed by atoms with Gasteiger partial charge >= 0.3 is 0 Å². The predicted octanol–water partition coefficient (Wildman–Crippen LogP) is 4.23. The van der Waals surface area contributed by atoms with Crippen molar-refractivity contribution < 1.29 is 0 Å². The Bertz CT molecular complexity index is 992. The van der Waals surface area contributed by atoms with Crippen molar-refractivity contribution in [2.75, 3.05) is 50.6 Å². The third-order valence-corrected chi connectivity index (χ3v) is 7.57. The zero-order chi connectivity index (χ0) is 22.8. The van der Waals surface area contributed by atoms with Gasteiger partial charge in [-0.05, 0) is 82.7 Å². The summed E-state index contributed by atoms with van der Waals surface area (Å²) in [6.45, 7) is 4.95. The van der Waals surface area contributed by atoms with Crippen molar-refractivity contribution in [3.63, 3.8) is 0 Å². The number of aliphatic imine (C=N–C) groups is 1. The highest BCUT2D eigenvalue weighted by atomic mass is 35.5. The molecule has 5 rings (SSSR count). The van der Waals surface area contributed by atoms with E-state index in [0.717, 1.165) is 74.0 Å². The summed E-state index contributed by atoms with van der Waals surface area (Å²) >= 11 is 6.27. The fraction of sp³-hybridized carbons (Fsp3) is 0.500. The molecule has 3 aliphatic heterocycles. The van der Waals surface area contributed by atoms with Gasteiger partial charge in [0.25, 0.3) is 0 Å². The highest BCUT2D eigenvalue weighted by Crippen LogP contribution is 2.40. The lowest BCUT2D eigenvalue weighted by atomic mass is 9.83. The summed E-state index contributed by atoms with van der Waals surface area (Å²) < 4.78 is 0. The molecule has 0 atom stereocenters. The first-order valence-corrected chi connectivity index (χ1v) is 12.5. The maximum Gasteiger partial charge on any atom is 0.145 e. The second-order valence-electron chi connectivity index (χ2n) is 9.84. The number of hydrogen-bond acceptors (Lipinski definition) is 5. The van der Waals surface area contributed by atoms with Gasteiger partial charge < -0.3 is 15.1 Å². The molecule has 0 radical (unpaired) electrons. The first-order chi connectivity index (χ1) is 16.0. The zero-order valence-electron chi connectivity index (χ0n) is 19.7. The predicted molar refractivity (Wildman–Crippen MR) is 138 cm³/mol. The Morgan fingerprint density at radius 3 is 2.48 bits per heavy atom. The van der Waals surface area contributed by atoms with Crippen molar-refractivity contribution in [1.82, 2.24) is 15.2 Å². The number of nitrogens with zero attached hydrogens (tertiary/aromatic N) is 4. The van der Waals surface area contributed by atoms with Gasteiger partial charge in [0.1, 0.15) is 5.84 Å². The van der Waals surface area contributed by atoms with Gasteiger partial charge in [-0.3, -0.25) is 10.0 Å². The number of hydrogen-bond donors (Lipinski definition) is 2. The normalized spacial score (nSPS) is 23.0. The molecule has 3 heterocycles. The van der Waals surface area contributed by atoms with Crippen LogP contribution in [0, 0.1) is 0 Å². The van der Waals surface area contributed by atoms with Crippen molar-refractivity contribution >= 4 is 28.8 Å². The van der Waals surface area contributed by atoms with E-state index in [4.69, 9.17) is 16.6 Å². The largest absolute Gasteiger partial charge is 0.371 e. The summed E-state index contributed by atoms with van der Waals surface area (Å²) in [5.74, 6) is 1.10. The minimum absolute atomic E-state index is 0.183. The van der Waals surface area contributed by atoms with Gasteiger partial charge in [-0.1, -0.05) is 35.9 Å². The second-order valence-corrected chi connectivity index (χ2v) is 10.3. The lowest BCUT2D eigenvalue weighted by Gasteiger charge is -2.50. The van der Waals surface area contributed by atoms with E-state index < -0.39 is 0 Å². The van der Waals surface area contributed by atoms with Crippen LogP contribution in [0.4, 0.5) is 11.4 Å². The van der Waals surface area contributed by atoms with Gasteiger partial charge in [0.15, 0.2) is 0 Å². The Morgan fingerprint density at radius 2 is 1.73 bits per heavy atom. The number of amidine groups is 1. The molecule has 0 saturated carbocycles. The van der Waals surface area contributed by atoms with Crippen molar-refractivity contribution in [3.05, 3.63) is 59.1 Å². The van der Waals surface area contributed by atoms with Gasteiger partial charge in [-0.2, -0.15) is 0 Å².